The van der Waals surface area contributed by atoms with Gasteiger partial charge in [-0.15, -0.1) is 5.06 Å². The maximum absolute atomic E-state index is 11.2. The molecule has 0 saturated carbocycles. The number of amides is 5. The minimum Gasteiger partial charge on any atom is -0.478 e. The first-order valence-corrected chi connectivity index (χ1v) is 3.62. The Morgan fingerprint density at radius 1 is 1.31 bits per heavy atom. The van der Waals surface area contributed by atoms with Crippen LogP contribution in [0.1, 0.15) is 0 Å². The molecule has 88 valence electrons. The van der Waals surface area contributed by atoms with Crippen LogP contribution in [-0.4, -0.2) is 55.2 Å². The van der Waals surface area contributed by atoms with Gasteiger partial charge in [0.25, 0.3) is 0 Å². The van der Waals surface area contributed by atoms with E-state index in [2.05, 4.69) is 5.73 Å². The van der Waals surface area contributed by atoms with Gasteiger partial charge in [-0.1, -0.05) is 0 Å². The van der Waals surface area contributed by atoms with Crippen LogP contribution < -0.4 is 11.1 Å². The summed E-state index contributed by atoms with van der Waals surface area (Å²) in [6.45, 7) is 0. The molecule has 1 fully saturated rings. The predicted molar refractivity (Wildman–Crippen MR) is 40.7 cm³/mol. The summed E-state index contributed by atoms with van der Waals surface area (Å²) in [6.07, 6.45) is 0. The van der Waals surface area contributed by atoms with E-state index in [-0.39, 0.29) is 0 Å². The van der Waals surface area contributed by atoms with Crippen LogP contribution in [0.15, 0.2) is 0 Å². The summed E-state index contributed by atoms with van der Waals surface area (Å²) >= 11 is 0. The van der Waals surface area contributed by atoms with Gasteiger partial charge >= 0.3 is 29.6 Å². The SMILES string of the molecule is NC(=O)NC1(C(=O)O)C(=O)N(O)C(=O)N1O. The van der Waals surface area contributed by atoms with Crippen LogP contribution in [0.4, 0.5) is 9.59 Å². The molecule has 0 aliphatic carbocycles. The molecule has 1 aliphatic rings. The standard InChI is InChI=1S/C5H6N4O7/c6-3(13)7-5(2(11)12)1(10)8(15)4(14)9(5)16/h15-16H,(H,11,12)(H3,6,7,13). The average Bonchev–Trinajstić information content (AvgIpc) is 2.33. The third kappa shape index (κ3) is 1.23. The fourth-order valence-corrected chi connectivity index (χ4v) is 1.08. The Morgan fingerprint density at radius 2 is 1.81 bits per heavy atom. The largest absolute Gasteiger partial charge is 0.478 e. The van der Waals surface area contributed by atoms with Crippen LogP contribution in [0.5, 0.6) is 0 Å². The van der Waals surface area contributed by atoms with Crippen molar-refractivity contribution in [2.75, 3.05) is 0 Å². The quantitative estimate of drug-likeness (QED) is 0.199. The number of carbonyl (C=O) groups excluding carboxylic acids is 3. The third-order valence-electron chi connectivity index (χ3n) is 1.80. The summed E-state index contributed by atoms with van der Waals surface area (Å²) in [5.41, 5.74) is 1.44. The highest BCUT2D eigenvalue weighted by Crippen LogP contribution is 2.23. The van der Waals surface area contributed by atoms with Crippen molar-refractivity contribution in [1.29, 1.82) is 0 Å². The lowest BCUT2D eigenvalue weighted by molar-refractivity contribution is -0.179. The van der Waals surface area contributed by atoms with Crippen LogP contribution in [0.2, 0.25) is 0 Å². The number of nitrogens with one attached hydrogen (secondary N) is 1. The summed E-state index contributed by atoms with van der Waals surface area (Å²) in [4.78, 5) is 43.4. The fraction of sp³-hybridized carbons (Fsp3) is 0.200. The van der Waals surface area contributed by atoms with E-state index >= 15 is 0 Å². The van der Waals surface area contributed by atoms with Gasteiger partial charge in [0, 0.05) is 0 Å². The van der Waals surface area contributed by atoms with E-state index in [1.165, 1.54) is 5.32 Å². The summed E-state index contributed by atoms with van der Waals surface area (Å²) in [7, 11) is 0. The van der Waals surface area contributed by atoms with Crippen molar-refractivity contribution in [3.8, 4) is 0 Å². The number of aliphatic carboxylic acids is 1. The third-order valence-corrected chi connectivity index (χ3v) is 1.80. The highest BCUT2D eigenvalue weighted by atomic mass is 16.6. The van der Waals surface area contributed by atoms with Crippen molar-refractivity contribution in [3.05, 3.63) is 0 Å². The number of hydrogen-bond acceptors (Lipinski definition) is 6. The minimum absolute atomic E-state index is 0.650. The fourth-order valence-electron chi connectivity index (χ4n) is 1.08. The van der Waals surface area contributed by atoms with Gasteiger partial charge < -0.3 is 10.8 Å². The number of nitrogens with two attached hydrogens (primary N) is 1. The van der Waals surface area contributed by atoms with E-state index in [4.69, 9.17) is 15.5 Å². The molecule has 1 saturated heterocycles. The molecule has 0 radical (unpaired) electrons. The molecule has 1 rings (SSSR count). The van der Waals surface area contributed by atoms with Crippen LogP contribution in [0, 0.1) is 0 Å². The average molecular weight is 234 g/mol. The van der Waals surface area contributed by atoms with E-state index in [1.54, 1.807) is 0 Å². The number of imide groups is 1. The summed E-state index contributed by atoms with van der Waals surface area (Å²) in [6, 6.07) is -3.22. The number of carboxylic acids is 1. The molecule has 1 unspecified atom stereocenters. The Bertz CT molecular complexity index is 394. The second-order valence-corrected chi connectivity index (χ2v) is 2.72. The molecule has 0 aromatic rings. The van der Waals surface area contributed by atoms with Gasteiger partial charge in [-0.25, -0.2) is 14.4 Å². The number of carbonyl (C=O) groups is 4. The molecular weight excluding hydrogens is 228 g/mol. The lowest BCUT2D eigenvalue weighted by Crippen LogP contribution is -2.67. The molecule has 0 aromatic carbocycles. The smallest absolute Gasteiger partial charge is 0.378 e. The van der Waals surface area contributed by atoms with E-state index in [9.17, 15) is 19.2 Å². The van der Waals surface area contributed by atoms with Crippen LogP contribution >= 0.6 is 0 Å². The first-order valence-electron chi connectivity index (χ1n) is 3.62. The lowest BCUT2D eigenvalue weighted by Gasteiger charge is -2.25. The number of nitrogens with zero attached hydrogens (tertiary/aromatic N) is 2. The molecule has 16 heavy (non-hydrogen) atoms. The number of rotatable bonds is 2. The molecule has 0 bridgehead atoms. The van der Waals surface area contributed by atoms with Gasteiger partial charge in [-0.2, -0.15) is 5.06 Å². The van der Waals surface area contributed by atoms with Crippen LogP contribution in [0.25, 0.3) is 0 Å². The zero-order valence-electron chi connectivity index (χ0n) is 7.45. The maximum atomic E-state index is 11.2. The second kappa shape index (κ2) is 3.32. The van der Waals surface area contributed by atoms with Gasteiger partial charge in [-0.05, 0) is 0 Å². The molecule has 11 heteroatoms. The molecule has 1 atom stereocenters. The first-order chi connectivity index (χ1) is 7.25. The summed E-state index contributed by atoms with van der Waals surface area (Å²) < 4.78 is 0. The second-order valence-electron chi connectivity index (χ2n) is 2.72. The zero-order valence-corrected chi connectivity index (χ0v) is 7.45. The summed E-state index contributed by atoms with van der Waals surface area (Å²) in [5.74, 6) is -3.87. The van der Waals surface area contributed by atoms with Crippen LogP contribution in [0.3, 0.4) is 0 Å². The number of urea groups is 2. The summed E-state index contributed by atoms with van der Waals surface area (Å²) in [5, 5.41) is 26.6. The van der Waals surface area contributed by atoms with Gasteiger partial charge in [-0.3, -0.25) is 20.5 Å². The Hall–Kier alpha value is -2.40. The van der Waals surface area contributed by atoms with Crippen molar-refractivity contribution in [3.63, 3.8) is 0 Å². The maximum Gasteiger partial charge on any atom is 0.378 e. The van der Waals surface area contributed by atoms with Crippen molar-refractivity contribution in [1.82, 2.24) is 15.4 Å². The van der Waals surface area contributed by atoms with Gasteiger partial charge in [0.1, 0.15) is 0 Å². The normalized spacial score (nSPS) is 24.9. The van der Waals surface area contributed by atoms with E-state index in [1.807, 2.05) is 0 Å². The monoisotopic (exact) mass is 234 g/mol. The van der Waals surface area contributed by atoms with E-state index < -0.39 is 39.7 Å². The molecule has 1 heterocycles. The van der Waals surface area contributed by atoms with Crippen molar-refractivity contribution >= 4 is 23.9 Å². The van der Waals surface area contributed by atoms with Crippen molar-refractivity contribution in [2.24, 2.45) is 5.73 Å². The number of hydroxylamine groups is 4. The van der Waals surface area contributed by atoms with E-state index in [0.29, 0.717) is 0 Å². The minimum atomic E-state index is -3.16. The first kappa shape index (κ1) is 11.7. The predicted octanol–water partition coefficient (Wildman–Crippen LogP) is -2.52. The van der Waals surface area contributed by atoms with Gasteiger partial charge in [0.2, 0.25) is 0 Å². The molecule has 0 spiro atoms. The Labute approximate surface area is 86.5 Å². The highest BCUT2D eigenvalue weighted by molar-refractivity contribution is 6.18. The number of carboxylic acid groups (broad SMARTS) is 1. The molecule has 1 aliphatic heterocycles. The Balaban J connectivity index is 3.30. The molecule has 6 N–H and O–H groups in total. The lowest BCUT2D eigenvalue weighted by atomic mass is 10.1. The zero-order chi connectivity index (χ0) is 12.7. The highest BCUT2D eigenvalue weighted by Gasteiger charge is 2.65. The Kier molecular flexibility index (Phi) is 2.42. The molecule has 0 aromatic heterocycles. The molecule has 5 amide bonds. The van der Waals surface area contributed by atoms with E-state index in [0.717, 1.165) is 0 Å². The van der Waals surface area contributed by atoms with Crippen molar-refractivity contribution in [2.45, 2.75) is 5.66 Å². The van der Waals surface area contributed by atoms with Crippen LogP contribution in [-0.2, 0) is 9.59 Å². The molecular formula is C5H6N4O7. The van der Waals surface area contributed by atoms with Crippen molar-refractivity contribution < 1.29 is 34.7 Å². The van der Waals surface area contributed by atoms with Gasteiger partial charge in [0.05, 0.1) is 0 Å². The molecule has 11 nitrogen and oxygen atoms in total. The topological polar surface area (TPSA) is 174 Å². The Morgan fingerprint density at radius 3 is 2.06 bits per heavy atom. The number of hydrogen-bond donors (Lipinski definition) is 5. The number of primary amides is 1. The van der Waals surface area contributed by atoms with Gasteiger partial charge in [0.15, 0.2) is 0 Å².